The summed E-state index contributed by atoms with van der Waals surface area (Å²) >= 11 is 0. The van der Waals surface area contributed by atoms with Gasteiger partial charge in [-0.3, -0.25) is 0 Å². The maximum atomic E-state index is 5.57. The molecule has 0 spiro atoms. The number of nitrogens with zero attached hydrogens (tertiary/aromatic N) is 1. The van der Waals surface area contributed by atoms with Crippen molar-refractivity contribution in [1.82, 2.24) is 10.3 Å². The van der Waals surface area contributed by atoms with E-state index in [0.717, 1.165) is 31.2 Å². The van der Waals surface area contributed by atoms with E-state index in [0.29, 0.717) is 5.89 Å². The van der Waals surface area contributed by atoms with Crippen LogP contribution in [-0.4, -0.2) is 24.7 Å². The Kier molecular flexibility index (Phi) is 2.33. The Morgan fingerprint density at radius 3 is 2.85 bits per heavy atom. The van der Waals surface area contributed by atoms with Gasteiger partial charge in [-0.25, -0.2) is 4.98 Å². The lowest BCUT2D eigenvalue weighted by atomic mass is 10.2. The third-order valence-corrected chi connectivity index (χ3v) is 2.17. The van der Waals surface area contributed by atoms with Gasteiger partial charge in [-0.1, -0.05) is 0 Å². The van der Waals surface area contributed by atoms with Gasteiger partial charge in [0.15, 0.2) is 5.89 Å². The predicted octanol–water partition coefficient (Wildman–Crippen LogP) is 0.952. The molecule has 1 aromatic heterocycles. The zero-order valence-corrected chi connectivity index (χ0v) is 7.96. The monoisotopic (exact) mass is 182 g/mol. The molecule has 4 heteroatoms. The summed E-state index contributed by atoms with van der Waals surface area (Å²) in [5.41, 5.74) is 0.935. The number of morpholine rings is 1. The third-order valence-electron chi connectivity index (χ3n) is 2.17. The van der Waals surface area contributed by atoms with Crippen molar-refractivity contribution in [3.63, 3.8) is 0 Å². The van der Waals surface area contributed by atoms with Crippen molar-refractivity contribution >= 4 is 0 Å². The van der Waals surface area contributed by atoms with Crippen molar-refractivity contribution in [3.05, 3.63) is 17.3 Å². The normalized spacial score (nSPS) is 23.4. The first-order valence-corrected chi connectivity index (χ1v) is 4.53. The lowest BCUT2D eigenvalue weighted by Gasteiger charge is -2.22. The Morgan fingerprint density at radius 1 is 1.46 bits per heavy atom. The fourth-order valence-corrected chi connectivity index (χ4v) is 1.58. The van der Waals surface area contributed by atoms with Crippen LogP contribution in [0, 0.1) is 13.8 Å². The zero-order valence-electron chi connectivity index (χ0n) is 7.96. The van der Waals surface area contributed by atoms with E-state index in [4.69, 9.17) is 9.15 Å². The van der Waals surface area contributed by atoms with Gasteiger partial charge in [0, 0.05) is 20.0 Å². The lowest BCUT2D eigenvalue weighted by molar-refractivity contribution is 0.0244. The Labute approximate surface area is 77.3 Å². The van der Waals surface area contributed by atoms with E-state index in [1.807, 2.05) is 13.8 Å². The maximum absolute atomic E-state index is 5.57. The van der Waals surface area contributed by atoms with E-state index in [1.165, 1.54) is 0 Å². The second kappa shape index (κ2) is 3.47. The van der Waals surface area contributed by atoms with Crippen LogP contribution in [0.4, 0.5) is 0 Å². The van der Waals surface area contributed by atoms with E-state index in [-0.39, 0.29) is 6.10 Å². The van der Waals surface area contributed by atoms with Crippen LogP contribution in [0.5, 0.6) is 0 Å². The van der Waals surface area contributed by atoms with E-state index < -0.39 is 0 Å². The number of aromatic nitrogens is 1. The Morgan fingerprint density at radius 2 is 2.31 bits per heavy atom. The number of oxazole rings is 1. The molecule has 0 saturated carbocycles. The molecule has 1 fully saturated rings. The van der Waals surface area contributed by atoms with Crippen molar-refractivity contribution in [2.45, 2.75) is 20.0 Å². The quantitative estimate of drug-likeness (QED) is 0.702. The first kappa shape index (κ1) is 8.72. The lowest BCUT2D eigenvalue weighted by Crippen LogP contribution is -2.33. The largest absolute Gasteiger partial charge is 0.446 e. The van der Waals surface area contributed by atoms with E-state index in [9.17, 15) is 0 Å². The zero-order chi connectivity index (χ0) is 9.26. The maximum Gasteiger partial charge on any atom is 0.191 e. The van der Waals surface area contributed by atoms with Gasteiger partial charge in [-0.05, 0) is 6.92 Å². The highest BCUT2D eigenvalue weighted by molar-refractivity contribution is 5.12. The molecule has 2 rings (SSSR count). The summed E-state index contributed by atoms with van der Waals surface area (Å²) < 4.78 is 10.9. The fraction of sp³-hybridized carbons (Fsp3) is 0.667. The highest BCUT2D eigenvalue weighted by Gasteiger charge is 2.21. The molecule has 4 nitrogen and oxygen atoms in total. The molecule has 1 aliphatic rings. The molecule has 0 radical (unpaired) electrons. The first-order valence-electron chi connectivity index (χ1n) is 4.53. The SMILES string of the molecule is Cc1nc(C2CNCCO2)c(C)o1. The van der Waals surface area contributed by atoms with Crippen molar-refractivity contribution in [2.24, 2.45) is 0 Å². The number of nitrogens with one attached hydrogen (secondary N) is 1. The van der Waals surface area contributed by atoms with E-state index >= 15 is 0 Å². The van der Waals surface area contributed by atoms with Gasteiger partial charge in [-0.15, -0.1) is 0 Å². The van der Waals surface area contributed by atoms with Gasteiger partial charge < -0.3 is 14.5 Å². The Bertz CT molecular complexity index is 290. The third kappa shape index (κ3) is 1.73. The molecular formula is C9H14N2O2. The van der Waals surface area contributed by atoms with Crippen LogP contribution in [0.3, 0.4) is 0 Å². The molecule has 2 heterocycles. The smallest absolute Gasteiger partial charge is 0.191 e. The predicted molar refractivity (Wildman–Crippen MR) is 47.5 cm³/mol. The molecule has 1 atom stereocenters. The highest BCUT2D eigenvalue weighted by Crippen LogP contribution is 2.21. The number of hydrogen-bond donors (Lipinski definition) is 1. The molecule has 1 aromatic rings. The van der Waals surface area contributed by atoms with Gasteiger partial charge in [0.1, 0.15) is 17.6 Å². The molecule has 1 aliphatic heterocycles. The minimum atomic E-state index is 0.0613. The summed E-state index contributed by atoms with van der Waals surface area (Å²) in [6, 6.07) is 0. The molecule has 0 bridgehead atoms. The Balaban J connectivity index is 2.18. The second-order valence-electron chi connectivity index (χ2n) is 3.24. The average molecular weight is 182 g/mol. The summed E-state index contributed by atoms with van der Waals surface area (Å²) in [6.45, 7) is 6.27. The Hall–Kier alpha value is -0.870. The average Bonchev–Trinajstić information content (AvgIpc) is 2.47. The fourth-order valence-electron chi connectivity index (χ4n) is 1.58. The number of rotatable bonds is 1. The van der Waals surface area contributed by atoms with E-state index in [2.05, 4.69) is 10.3 Å². The number of aryl methyl sites for hydroxylation is 2. The van der Waals surface area contributed by atoms with Crippen LogP contribution in [0.15, 0.2) is 4.42 Å². The van der Waals surface area contributed by atoms with Crippen LogP contribution in [0.2, 0.25) is 0 Å². The van der Waals surface area contributed by atoms with Gasteiger partial charge in [0.2, 0.25) is 0 Å². The van der Waals surface area contributed by atoms with E-state index in [1.54, 1.807) is 0 Å². The molecule has 0 aromatic carbocycles. The topological polar surface area (TPSA) is 47.3 Å². The first-order chi connectivity index (χ1) is 6.27. The molecule has 1 saturated heterocycles. The minimum absolute atomic E-state index is 0.0613. The number of ether oxygens (including phenoxy) is 1. The summed E-state index contributed by atoms with van der Waals surface area (Å²) in [4.78, 5) is 4.30. The standard InChI is InChI=1S/C9H14N2O2/c1-6-9(11-7(2)13-6)8-5-10-3-4-12-8/h8,10H,3-5H2,1-2H3. The summed E-state index contributed by atoms with van der Waals surface area (Å²) in [6.07, 6.45) is 0.0613. The van der Waals surface area contributed by atoms with Gasteiger partial charge in [0.05, 0.1) is 6.61 Å². The van der Waals surface area contributed by atoms with Crippen LogP contribution in [0.25, 0.3) is 0 Å². The van der Waals surface area contributed by atoms with Crippen molar-refractivity contribution < 1.29 is 9.15 Å². The molecule has 0 aliphatic carbocycles. The molecule has 1 unspecified atom stereocenters. The molecule has 13 heavy (non-hydrogen) atoms. The molecule has 1 N–H and O–H groups in total. The van der Waals surface area contributed by atoms with Crippen molar-refractivity contribution in [1.29, 1.82) is 0 Å². The van der Waals surface area contributed by atoms with Crippen LogP contribution in [0.1, 0.15) is 23.4 Å². The molecule has 72 valence electrons. The summed E-state index contributed by atoms with van der Waals surface area (Å²) in [7, 11) is 0. The molecule has 0 amide bonds. The van der Waals surface area contributed by atoms with Gasteiger partial charge in [-0.2, -0.15) is 0 Å². The van der Waals surface area contributed by atoms with Gasteiger partial charge in [0.25, 0.3) is 0 Å². The van der Waals surface area contributed by atoms with Crippen LogP contribution in [-0.2, 0) is 4.74 Å². The van der Waals surface area contributed by atoms with Crippen LogP contribution >= 0.6 is 0 Å². The second-order valence-corrected chi connectivity index (χ2v) is 3.24. The summed E-state index contributed by atoms with van der Waals surface area (Å²) in [5.74, 6) is 1.58. The van der Waals surface area contributed by atoms with Gasteiger partial charge >= 0.3 is 0 Å². The van der Waals surface area contributed by atoms with Crippen molar-refractivity contribution in [3.8, 4) is 0 Å². The van der Waals surface area contributed by atoms with Crippen molar-refractivity contribution in [2.75, 3.05) is 19.7 Å². The number of hydrogen-bond acceptors (Lipinski definition) is 4. The molecular weight excluding hydrogens is 168 g/mol. The van der Waals surface area contributed by atoms with Crippen LogP contribution < -0.4 is 5.32 Å². The highest BCUT2D eigenvalue weighted by atomic mass is 16.5. The minimum Gasteiger partial charge on any atom is -0.446 e. The summed E-state index contributed by atoms with van der Waals surface area (Å²) in [5, 5.41) is 3.26.